The van der Waals surface area contributed by atoms with Crippen LogP contribution in [0, 0.1) is 0 Å². The number of anilines is 1. The van der Waals surface area contributed by atoms with E-state index >= 15 is 0 Å². The number of nitrogens with zero attached hydrogens (tertiary/aromatic N) is 1. The van der Waals surface area contributed by atoms with Crippen molar-refractivity contribution in [2.45, 2.75) is 18.8 Å². The molecule has 1 aromatic heterocycles. The maximum atomic E-state index is 10.7. The Morgan fingerprint density at radius 3 is 2.94 bits per heavy atom. The summed E-state index contributed by atoms with van der Waals surface area (Å²) in [5.74, 6) is 2.04. The number of aromatic amines is 1. The number of fused-ring (bicyclic) bond motifs is 1. The predicted octanol–water partition coefficient (Wildman–Crippen LogP) is 2.54. The van der Waals surface area contributed by atoms with Crippen molar-refractivity contribution in [2.24, 2.45) is 0 Å². The van der Waals surface area contributed by atoms with Gasteiger partial charge in [-0.2, -0.15) is 0 Å². The van der Waals surface area contributed by atoms with Gasteiger partial charge in [0.1, 0.15) is 22.6 Å². The SMILES string of the molecule is COc1ccc(NC(=O)O)c2nc(C3CC3)[nH]c12. The monoisotopic (exact) mass is 247 g/mol. The molecule has 0 radical (unpaired) electrons. The van der Waals surface area contributed by atoms with Gasteiger partial charge in [-0.25, -0.2) is 9.78 Å². The minimum Gasteiger partial charge on any atom is -0.494 e. The summed E-state index contributed by atoms with van der Waals surface area (Å²) in [6.45, 7) is 0. The Balaban J connectivity index is 2.15. The average Bonchev–Trinajstić information content (AvgIpc) is 3.08. The Morgan fingerprint density at radius 1 is 1.56 bits per heavy atom. The average molecular weight is 247 g/mol. The molecule has 1 aliphatic carbocycles. The number of carbonyl (C=O) groups is 1. The molecule has 1 saturated carbocycles. The van der Waals surface area contributed by atoms with Crippen molar-refractivity contribution in [3.8, 4) is 5.75 Å². The zero-order chi connectivity index (χ0) is 12.7. The molecule has 6 heteroatoms. The lowest BCUT2D eigenvalue weighted by Gasteiger charge is -2.05. The molecule has 1 aromatic carbocycles. The van der Waals surface area contributed by atoms with Crippen molar-refractivity contribution in [1.82, 2.24) is 9.97 Å². The molecule has 0 spiro atoms. The zero-order valence-electron chi connectivity index (χ0n) is 9.86. The minimum atomic E-state index is -1.10. The normalized spacial score (nSPS) is 14.7. The quantitative estimate of drug-likeness (QED) is 0.777. The summed E-state index contributed by atoms with van der Waals surface area (Å²) >= 11 is 0. The molecule has 3 N–H and O–H groups in total. The summed E-state index contributed by atoms with van der Waals surface area (Å²) in [6.07, 6.45) is 1.16. The van der Waals surface area contributed by atoms with E-state index in [0.717, 1.165) is 24.2 Å². The lowest BCUT2D eigenvalue weighted by Crippen LogP contribution is -2.07. The summed E-state index contributed by atoms with van der Waals surface area (Å²) in [5.41, 5.74) is 1.82. The standard InChI is InChI=1S/C12H13N3O3/c1-18-8-5-4-7(13-12(16)17)9-10(8)15-11(14-9)6-2-3-6/h4-6,13H,2-3H2,1H3,(H,14,15)(H,16,17). The molecule has 6 nitrogen and oxygen atoms in total. The molecule has 1 amide bonds. The van der Waals surface area contributed by atoms with Crippen molar-refractivity contribution in [3.05, 3.63) is 18.0 Å². The second-order valence-corrected chi connectivity index (χ2v) is 4.37. The van der Waals surface area contributed by atoms with Crippen LogP contribution in [0.25, 0.3) is 11.0 Å². The first-order valence-electron chi connectivity index (χ1n) is 5.75. The fourth-order valence-electron chi connectivity index (χ4n) is 2.02. The number of rotatable bonds is 3. The smallest absolute Gasteiger partial charge is 0.409 e. The van der Waals surface area contributed by atoms with E-state index in [9.17, 15) is 4.79 Å². The maximum absolute atomic E-state index is 10.7. The molecule has 0 unspecified atom stereocenters. The molecule has 0 saturated heterocycles. The molecule has 3 rings (SSSR count). The number of hydrogen-bond donors (Lipinski definition) is 3. The predicted molar refractivity (Wildman–Crippen MR) is 66.3 cm³/mol. The topological polar surface area (TPSA) is 87.2 Å². The third-order valence-electron chi connectivity index (χ3n) is 3.05. The highest BCUT2D eigenvalue weighted by Gasteiger charge is 2.28. The van der Waals surface area contributed by atoms with Crippen LogP contribution in [-0.2, 0) is 0 Å². The van der Waals surface area contributed by atoms with E-state index in [2.05, 4.69) is 15.3 Å². The highest BCUT2D eigenvalue weighted by molar-refractivity contribution is 5.98. The maximum Gasteiger partial charge on any atom is 0.409 e. The summed E-state index contributed by atoms with van der Waals surface area (Å²) in [6, 6.07) is 3.38. The minimum absolute atomic E-state index is 0.472. The Labute approximate surface area is 103 Å². The lowest BCUT2D eigenvalue weighted by atomic mass is 10.2. The second kappa shape index (κ2) is 3.90. The van der Waals surface area contributed by atoms with E-state index in [4.69, 9.17) is 9.84 Å². The summed E-state index contributed by atoms with van der Waals surface area (Å²) < 4.78 is 5.25. The number of carboxylic acid groups (broad SMARTS) is 1. The third-order valence-corrected chi connectivity index (χ3v) is 3.05. The molecular weight excluding hydrogens is 234 g/mol. The number of H-pyrrole nitrogens is 1. The van der Waals surface area contributed by atoms with Crippen LogP contribution in [0.2, 0.25) is 0 Å². The molecular formula is C12H13N3O3. The van der Waals surface area contributed by atoms with Crippen molar-refractivity contribution in [2.75, 3.05) is 12.4 Å². The van der Waals surface area contributed by atoms with E-state index in [1.807, 2.05) is 0 Å². The van der Waals surface area contributed by atoms with E-state index in [1.165, 1.54) is 0 Å². The molecule has 1 heterocycles. The third kappa shape index (κ3) is 1.75. The van der Waals surface area contributed by atoms with Gasteiger partial charge in [0.05, 0.1) is 12.8 Å². The van der Waals surface area contributed by atoms with Crippen molar-refractivity contribution in [1.29, 1.82) is 0 Å². The van der Waals surface area contributed by atoms with Gasteiger partial charge in [0, 0.05) is 5.92 Å². The van der Waals surface area contributed by atoms with E-state index in [0.29, 0.717) is 22.9 Å². The van der Waals surface area contributed by atoms with Gasteiger partial charge in [-0.3, -0.25) is 5.32 Å². The van der Waals surface area contributed by atoms with Crippen LogP contribution >= 0.6 is 0 Å². The number of benzene rings is 1. The number of amides is 1. The van der Waals surface area contributed by atoms with E-state index in [1.54, 1.807) is 19.2 Å². The Kier molecular flexibility index (Phi) is 2.36. The van der Waals surface area contributed by atoms with Gasteiger partial charge in [-0.1, -0.05) is 0 Å². The first-order chi connectivity index (χ1) is 8.69. The molecule has 1 fully saturated rings. The van der Waals surface area contributed by atoms with Crippen LogP contribution in [0.5, 0.6) is 5.75 Å². The van der Waals surface area contributed by atoms with Crippen molar-refractivity contribution >= 4 is 22.8 Å². The van der Waals surface area contributed by atoms with Gasteiger partial charge in [-0.05, 0) is 25.0 Å². The summed E-state index contributed by atoms with van der Waals surface area (Å²) in [5, 5.41) is 11.2. The Morgan fingerprint density at radius 2 is 2.33 bits per heavy atom. The van der Waals surface area contributed by atoms with Gasteiger partial charge in [0.25, 0.3) is 0 Å². The van der Waals surface area contributed by atoms with Gasteiger partial charge in [0.2, 0.25) is 0 Å². The molecule has 0 bridgehead atoms. The Bertz CT molecular complexity index is 616. The number of hydrogen-bond acceptors (Lipinski definition) is 3. The van der Waals surface area contributed by atoms with Crippen molar-refractivity contribution in [3.63, 3.8) is 0 Å². The largest absolute Gasteiger partial charge is 0.494 e. The van der Waals surface area contributed by atoms with Crippen LogP contribution in [0.4, 0.5) is 10.5 Å². The van der Waals surface area contributed by atoms with Crippen LogP contribution in [0.1, 0.15) is 24.6 Å². The number of methoxy groups -OCH3 is 1. The van der Waals surface area contributed by atoms with E-state index < -0.39 is 6.09 Å². The summed E-state index contributed by atoms with van der Waals surface area (Å²) in [4.78, 5) is 18.4. The first kappa shape index (κ1) is 10.9. The van der Waals surface area contributed by atoms with Crippen LogP contribution < -0.4 is 10.1 Å². The highest BCUT2D eigenvalue weighted by atomic mass is 16.5. The highest BCUT2D eigenvalue weighted by Crippen LogP contribution is 2.41. The fourth-order valence-corrected chi connectivity index (χ4v) is 2.02. The molecule has 94 valence electrons. The molecule has 0 aliphatic heterocycles. The van der Waals surface area contributed by atoms with Gasteiger partial charge >= 0.3 is 6.09 Å². The molecule has 1 aliphatic rings. The van der Waals surface area contributed by atoms with Gasteiger partial charge in [0.15, 0.2) is 0 Å². The summed E-state index contributed by atoms with van der Waals surface area (Å²) in [7, 11) is 1.58. The Hall–Kier alpha value is -2.24. The molecule has 0 atom stereocenters. The number of ether oxygens (including phenoxy) is 1. The number of imidazole rings is 1. The lowest BCUT2D eigenvalue weighted by molar-refractivity contribution is 0.210. The van der Waals surface area contributed by atoms with Crippen LogP contribution in [0.15, 0.2) is 12.1 Å². The van der Waals surface area contributed by atoms with Gasteiger partial charge < -0.3 is 14.8 Å². The molecule has 2 aromatic rings. The van der Waals surface area contributed by atoms with Crippen LogP contribution in [0.3, 0.4) is 0 Å². The number of aromatic nitrogens is 2. The van der Waals surface area contributed by atoms with E-state index in [-0.39, 0.29) is 0 Å². The zero-order valence-corrected chi connectivity index (χ0v) is 9.86. The fraction of sp³-hybridized carbons (Fsp3) is 0.333. The number of nitrogens with one attached hydrogen (secondary N) is 2. The first-order valence-corrected chi connectivity index (χ1v) is 5.75. The van der Waals surface area contributed by atoms with Gasteiger partial charge in [-0.15, -0.1) is 0 Å². The molecule has 18 heavy (non-hydrogen) atoms. The van der Waals surface area contributed by atoms with Crippen molar-refractivity contribution < 1.29 is 14.6 Å². The van der Waals surface area contributed by atoms with Crippen LogP contribution in [-0.4, -0.2) is 28.3 Å². The second-order valence-electron chi connectivity index (χ2n) is 4.37.